The number of benzene rings is 2. The molecular formula is C24H22FN3O4. The molecule has 0 saturated carbocycles. The van der Waals surface area contributed by atoms with Gasteiger partial charge in [-0.2, -0.15) is 0 Å². The average Bonchev–Trinajstić information content (AvgIpc) is 3.21. The maximum Gasteiger partial charge on any atom is 0.255 e. The summed E-state index contributed by atoms with van der Waals surface area (Å²) in [5.74, 6) is -1.61. The van der Waals surface area contributed by atoms with E-state index in [0.717, 1.165) is 11.1 Å². The van der Waals surface area contributed by atoms with E-state index in [1.165, 1.54) is 17.0 Å². The Hall–Kier alpha value is -3.55. The molecule has 164 valence electrons. The topological polar surface area (TPSA) is 86.8 Å². The van der Waals surface area contributed by atoms with Crippen LogP contribution in [0.3, 0.4) is 0 Å². The number of hydrogen-bond acceptors (Lipinski definition) is 4. The minimum Gasteiger partial charge on any atom is -0.328 e. The molecule has 1 N–H and O–H groups in total. The molecule has 0 radical (unpaired) electrons. The number of rotatable bonds is 2. The normalized spacial score (nSPS) is 24.5. The van der Waals surface area contributed by atoms with Gasteiger partial charge in [0.15, 0.2) is 0 Å². The van der Waals surface area contributed by atoms with Crippen molar-refractivity contribution in [2.45, 2.75) is 51.4 Å². The average molecular weight is 435 g/mol. The van der Waals surface area contributed by atoms with Gasteiger partial charge in [-0.15, -0.1) is 0 Å². The van der Waals surface area contributed by atoms with E-state index in [1.807, 2.05) is 13.8 Å². The number of carbonyl (C=O) groups is 4. The Morgan fingerprint density at radius 2 is 1.81 bits per heavy atom. The predicted molar refractivity (Wildman–Crippen MR) is 112 cm³/mol. The first-order chi connectivity index (χ1) is 15.3. The van der Waals surface area contributed by atoms with Gasteiger partial charge in [-0.25, -0.2) is 4.39 Å². The van der Waals surface area contributed by atoms with Crippen molar-refractivity contribution in [2.24, 2.45) is 0 Å². The van der Waals surface area contributed by atoms with Crippen LogP contribution in [0, 0.1) is 5.82 Å². The van der Waals surface area contributed by atoms with E-state index in [4.69, 9.17) is 0 Å². The highest BCUT2D eigenvalue weighted by Crippen LogP contribution is 2.39. The van der Waals surface area contributed by atoms with Crippen LogP contribution < -0.4 is 5.32 Å². The summed E-state index contributed by atoms with van der Waals surface area (Å²) in [5, 5.41) is 2.30. The molecular weight excluding hydrogens is 413 g/mol. The summed E-state index contributed by atoms with van der Waals surface area (Å²) in [7, 11) is 0. The first-order valence-corrected chi connectivity index (χ1v) is 10.7. The lowest BCUT2D eigenvalue weighted by molar-refractivity contribution is -0.137. The third-order valence-corrected chi connectivity index (χ3v) is 6.80. The predicted octanol–water partition coefficient (Wildman–Crippen LogP) is 2.86. The van der Waals surface area contributed by atoms with Crippen LogP contribution >= 0.6 is 0 Å². The van der Waals surface area contributed by atoms with Gasteiger partial charge >= 0.3 is 0 Å². The second-order valence-corrected chi connectivity index (χ2v) is 8.61. The molecule has 0 spiro atoms. The zero-order valence-corrected chi connectivity index (χ0v) is 17.7. The number of imide groups is 1. The maximum atomic E-state index is 13.6. The van der Waals surface area contributed by atoms with Crippen molar-refractivity contribution in [1.82, 2.24) is 15.1 Å². The first kappa shape index (κ1) is 20.4. The summed E-state index contributed by atoms with van der Waals surface area (Å²) in [6, 6.07) is 8.21. The number of hydrogen-bond donors (Lipinski definition) is 1. The van der Waals surface area contributed by atoms with Gasteiger partial charge in [0.2, 0.25) is 11.8 Å². The van der Waals surface area contributed by atoms with Crippen LogP contribution in [0.2, 0.25) is 0 Å². The van der Waals surface area contributed by atoms with Crippen LogP contribution in [0.5, 0.6) is 0 Å². The van der Waals surface area contributed by atoms with Crippen LogP contribution in [-0.2, 0) is 16.1 Å². The van der Waals surface area contributed by atoms with Gasteiger partial charge in [-0.3, -0.25) is 24.5 Å². The van der Waals surface area contributed by atoms with E-state index in [9.17, 15) is 23.6 Å². The standard InChI is InChI=1S/C24H22FN3O4/c1-12-17-6-4-16(25)9-15(17)11-27(12)23(31)14-3-5-18-19(10-14)13(2)28(24(18)32)20-7-8-21(29)26-22(20)30/h3-6,9-10,12-13,20H,7-8,11H2,1-2H3,(H,26,29,30)/t12-,13+,20-/m0/s1. The fourth-order valence-electron chi connectivity index (χ4n) is 5.08. The summed E-state index contributed by atoms with van der Waals surface area (Å²) in [5.41, 5.74) is 3.29. The van der Waals surface area contributed by atoms with E-state index in [1.54, 1.807) is 29.2 Å². The molecule has 7 nitrogen and oxygen atoms in total. The van der Waals surface area contributed by atoms with Crippen LogP contribution in [-0.4, -0.2) is 39.5 Å². The van der Waals surface area contributed by atoms with Gasteiger partial charge in [0.1, 0.15) is 11.9 Å². The molecule has 3 aliphatic heterocycles. The molecule has 8 heteroatoms. The molecule has 3 atom stereocenters. The van der Waals surface area contributed by atoms with Crippen LogP contribution in [0.1, 0.15) is 76.2 Å². The van der Waals surface area contributed by atoms with Crippen LogP contribution in [0.15, 0.2) is 36.4 Å². The summed E-state index contributed by atoms with van der Waals surface area (Å²) in [4.78, 5) is 53.3. The molecule has 0 aliphatic carbocycles. The Bertz CT molecular complexity index is 1190. The summed E-state index contributed by atoms with van der Waals surface area (Å²) >= 11 is 0. The second-order valence-electron chi connectivity index (χ2n) is 8.61. The SMILES string of the molecule is C[C@@H]1c2cc(C(=O)N3Cc4cc(F)ccc4[C@@H]3C)ccc2C(=O)N1[C@H]1CCC(=O)NC1=O. The van der Waals surface area contributed by atoms with E-state index in [-0.39, 0.29) is 42.4 Å². The highest BCUT2D eigenvalue weighted by Gasteiger charge is 2.43. The minimum absolute atomic E-state index is 0.182. The van der Waals surface area contributed by atoms with Crippen LogP contribution in [0.4, 0.5) is 4.39 Å². The van der Waals surface area contributed by atoms with Gasteiger partial charge in [-0.1, -0.05) is 6.07 Å². The van der Waals surface area contributed by atoms with Gasteiger partial charge in [0.05, 0.1) is 12.1 Å². The molecule has 1 fully saturated rings. The third kappa shape index (κ3) is 3.01. The maximum absolute atomic E-state index is 13.6. The van der Waals surface area contributed by atoms with Gasteiger partial charge in [0.25, 0.3) is 11.8 Å². The zero-order chi connectivity index (χ0) is 22.7. The molecule has 5 rings (SSSR count). The van der Waals surface area contributed by atoms with Crippen molar-refractivity contribution in [3.63, 3.8) is 0 Å². The van der Waals surface area contributed by atoms with Crippen molar-refractivity contribution in [1.29, 1.82) is 0 Å². The lowest BCUT2D eigenvalue weighted by Crippen LogP contribution is -2.53. The number of carbonyl (C=O) groups excluding carboxylic acids is 4. The lowest BCUT2D eigenvalue weighted by atomic mass is 10.0. The van der Waals surface area contributed by atoms with Gasteiger partial charge in [-0.05, 0) is 67.3 Å². The van der Waals surface area contributed by atoms with Crippen molar-refractivity contribution >= 4 is 23.6 Å². The molecule has 0 unspecified atom stereocenters. The summed E-state index contributed by atoms with van der Waals surface area (Å²) in [6.07, 6.45) is 0.460. The van der Waals surface area contributed by atoms with E-state index < -0.39 is 18.0 Å². The van der Waals surface area contributed by atoms with Gasteiger partial charge < -0.3 is 9.80 Å². The Kier molecular flexibility index (Phi) is 4.62. The first-order valence-electron chi connectivity index (χ1n) is 10.7. The molecule has 3 heterocycles. The smallest absolute Gasteiger partial charge is 0.255 e. The van der Waals surface area contributed by atoms with E-state index in [0.29, 0.717) is 23.2 Å². The van der Waals surface area contributed by atoms with Crippen molar-refractivity contribution in [2.75, 3.05) is 0 Å². The summed E-state index contributed by atoms with van der Waals surface area (Å²) < 4.78 is 13.6. The quantitative estimate of drug-likeness (QED) is 0.735. The van der Waals surface area contributed by atoms with Crippen LogP contribution in [0.25, 0.3) is 0 Å². The number of fused-ring (bicyclic) bond motifs is 2. The number of nitrogens with one attached hydrogen (secondary N) is 1. The lowest BCUT2D eigenvalue weighted by Gasteiger charge is -2.32. The Morgan fingerprint density at radius 3 is 2.56 bits per heavy atom. The zero-order valence-electron chi connectivity index (χ0n) is 17.7. The Morgan fingerprint density at radius 1 is 1.03 bits per heavy atom. The molecule has 0 aromatic heterocycles. The third-order valence-electron chi connectivity index (χ3n) is 6.80. The molecule has 0 bridgehead atoms. The minimum atomic E-state index is -0.718. The van der Waals surface area contributed by atoms with E-state index >= 15 is 0 Å². The monoisotopic (exact) mass is 435 g/mol. The van der Waals surface area contributed by atoms with Crippen molar-refractivity contribution in [3.05, 3.63) is 70.0 Å². The summed E-state index contributed by atoms with van der Waals surface area (Å²) in [6.45, 7) is 4.05. The molecule has 1 saturated heterocycles. The molecule has 2 aromatic carbocycles. The number of amides is 4. The fourth-order valence-corrected chi connectivity index (χ4v) is 5.08. The number of halogens is 1. The van der Waals surface area contributed by atoms with E-state index in [2.05, 4.69) is 5.32 Å². The van der Waals surface area contributed by atoms with Gasteiger partial charge in [0, 0.05) is 24.1 Å². The number of piperidine rings is 1. The Balaban J connectivity index is 1.42. The largest absolute Gasteiger partial charge is 0.328 e. The molecule has 3 aliphatic rings. The number of nitrogens with zero attached hydrogens (tertiary/aromatic N) is 2. The molecule has 4 amide bonds. The fraction of sp³-hybridized carbons (Fsp3) is 0.333. The van der Waals surface area contributed by atoms with Crippen molar-refractivity contribution < 1.29 is 23.6 Å². The highest BCUT2D eigenvalue weighted by molar-refractivity contribution is 6.06. The second kappa shape index (κ2) is 7.25. The highest BCUT2D eigenvalue weighted by atomic mass is 19.1. The molecule has 32 heavy (non-hydrogen) atoms. The van der Waals surface area contributed by atoms with Crippen molar-refractivity contribution in [3.8, 4) is 0 Å². The Labute approximate surface area is 184 Å². The molecule has 2 aromatic rings.